The number of carbonyl (C=O) groups is 2. The molecule has 0 radical (unpaired) electrons. The molecule has 0 aliphatic rings. The number of nitrogens with one attached hydrogen (secondary N) is 2. The van der Waals surface area contributed by atoms with Gasteiger partial charge in [-0.2, -0.15) is 0 Å². The first kappa shape index (κ1) is 15.5. The van der Waals surface area contributed by atoms with Crippen LogP contribution in [-0.4, -0.2) is 28.6 Å². The minimum Gasteiger partial charge on any atom is -0.451 e. The average molecular weight is 325 g/mol. The molecular formula is C17H15N3O4. The molecule has 0 unspecified atom stereocenters. The van der Waals surface area contributed by atoms with E-state index in [0.717, 1.165) is 11.1 Å². The molecule has 0 atom stereocenters. The predicted molar refractivity (Wildman–Crippen MR) is 86.4 cm³/mol. The van der Waals surface area contributed by atoms with Gasteiger partial charge in [-0.15, -0.1) is 0 Å². The lowest BCUT2D eigenvalue weighted by Gasteiger charge is -2.02. The number of H-pyrrole nitrogens is 1. The van der Waals surface area contributed by atoms with Gasteiger partial charge in [0, 0.05) is 17.8 Å². The van der Waals surface area contributed by atoms with Crippen molar-refractivity contribution in [1.82, 2.24) is 10.1 Å². The Morgan fingerprint density at radius 1 is 1.25 bits per heavy atom. The summed E-state index contributed by atoms with van der Waals surface area (Å²) in [6.07, 6.45) is 1.60. The fourth-order valence-electron chi connectivity index (χ4n) is 2.03. The van der Waals surface area contributed by atoms with E-state index in [0.29, 0.717) is 5.69 Å². The van der Waals surface area contributed by atoms with E-state index >= 15 is 0 Å². The Morgan fingerprint density at radius 2 is 2.04 bits per heavy atom. The van der Waals surface area contributed by atoms with E-state index in [4.69, 9.17) is 9.26 Å². The molecule has 0 aliphatic carbocycles. The molecule has 24 heavy (non-hydrogen) atoms. The van der Waals surface area contributed by atoms with Gasteiger partial charge in [-0.25, -0.2) is 4.79 Å². The molecule has 7 nitrogen and oxygen atoms in total. The van der Waals surface area contributed by atoms with Crippen LogP contribution in [0.1, 0.15) is 16.1 Å². The molecule has 7 heteroatoms. The number of aryl methyl sites for hydroxylation is 1. The largest absolute Gasteiger partial charge is 0.451 e. The van der Waals surface area contributed by atoms with Crippen LogP contribution < -0.4 is 5.32 Å². The van der Waals surface area contributed by atoms with Gasteiger partial charge in [0.1, 0.15) is 11.4 Å². The van der Waals surface area contributed by atoms with Crippen molar-refractivity contribution in [2.24, 2.45) is 0 Å². The lowest BCUT2D eigenvalue weighted by Crippen LogP contribution is -2.20. The number of carbonyl (C=O) groups excluding carboxylic acids is 2. The van der Waals surface area contributed by atoms with Gasteiger partial charge >= 0.3 is 5.97 Å². The average Bonchev–Trinajstić information content (AvgIpc) is 3.25. The Morgan fingerprint density at radius 3 is 2.75 bits per heavy atom. The lowest BCUT2D eigenvalue weighted by atomic mass is 10.1. The highest BCUT2D eigenvalue weighted by molar-refractivity contribution is 5.94. The number of aromatic amines is 1. The first-order valence-corrected chi connectivity index (χ1v) is 7.26. The number of anilines is 1. The standard InChI is InChI=1S/C17H15N3O4/c1-11-4-6-12(7-5-11)14-9-16(24-20-14)19-15(21)10-23-17(22)13-3-2-8-18-13/h2-9,18H,10H2,1H3,(H,19,21). The molecule has 1 aromatic carbocycles. The number of rotatable bonds is 5. The van der Waals surface area contributed by atoms with Gasteiger partial charge in [0.2, 0.25) is 5.88 Å². The number of ether oxygens (including phenoxy) is 1. The second-order valence-electron chi connectivity index (χ2n) is 5.15. The van der Waals surface area contributed by atoms with Gasteiger partial charge in [-0.1, -0.05) is 35.0 Å². The van der Waals surface area contributed by atoms with Crippen LogP contribution in [-0.2, 0) is 9.53 Å². The van der Waals surface area contributed by atoms with Crippen molar-refractivity contribution in [2.75, 3.05) is 11.9 Å². The van der Waals surface area contributed by atoms with Gasteiger partial charge in [0.25, 0.3) is 5.91 Å². The Balaban J connectivity index is 1.55. The minimum atomic E-state index is -0.604. The van der Waals surface area contributed by atoms with E-state index in [2.05, 4.69) is 15.5 Å². The monoisotopic (exact) mass is 325 g/mol. The number of nitrogens with zero attached hydrogens (tertiary/aromatic N) is 1. The van der Waals surface area contributed by atoms with Crippen molar-refractivity contribution >= 4 is 17.8 Å². The number of hydrogen-bond acceptors (Lipinski definition) is 5. The third-order valence-corrected chi connectivity index (χ3v) is 3.27. The third kappa shape index (κ3) is 3.70. The predicted octanol–water partition coefficient (Wildman–Crippen LogP) is 2.77. The summed E-state index contributed by atoms with van der Waals surface area (Å²) in [5.74, 6) is -0.930. The van der Waals surface area contributed by atoms with Crippen molar-refractivity contribution < 1.29 is 18.8 Å². The Hall–Kier alpha value is -3.35. The molecule has 3 rings (SSSR count). The Labute approximate surface area is 137 Å². The summed E-state index contributed by atoms with van der Waals surface area (Å²) < 4.78 is 9.95. The van der Waals surface area contributed by atoms with Crippen LogP contribution in [0.25, 0.3) is 11.3 Å². The van der Waals surface area contributed by atoms with Crippen LogP contribution in [0.3, 0.4) is 0 Å². The molecule has 122 valence electrons. The number of aromatic nitrogens is 2. The van der Waals surface area contributed by atoms with E-state index in [1.807, 2.05) is 31.2 Å². The van der Waals surface area contributed by atoms with Crippen LogP contribution in [0.5, 0.6) is 0 Å². The summed E-state index contributed by atoms with van der Waals surface area (Å²) in [7, 11) is 0. The summed E-state index contributed by atoms with van der Waals surface area (Å²) in [5, 5.41) is 6.39. The normalized spacial score (nSPS) is 10.4. The molecule has 2 aromatic heterocycles. The first-order valence-electron chi connectivity index (χ1n) is 7.26. The number of esters is 1. The third-order valence-electron chi connectivity index (χ3n) is 3.27. The van der Waals surface area contributed by atoms with Crippen LogP contribution >= 0.6 is 0 Å². The van der Waals surface area contributed by atoms with Crippen molar-refractivity contribution in [3.63, 3.8) is 0 Å². The zero-order valence-corrected chi connectivity index (χ0v) is 12.9. The summed E-state index contributed by atoms with van der Waals surface area (Å²) in [5.41, 5.74) is 2.90. The highest BCUT2D eigenvalue weighted by atomic mass is 16.5. The molecule has 0 spiro atoms. The van der Waals surface area contributed by atoms with E-state index in [1.165, 1.54) is 0 Å². The van der Waals surface area contributed by atoms with Crippen LogP contribution in [0.2, 0.25) is 0 Å². The zero-order chi connectivity index (χ0) is 16.9. The fraction of sp³-hybridized carbons (Fsp3) is 0.118. The zero-order valence-electron chi connectivity index (χ0n) is 12.9. The highest BCUT2D eigenvalue weighted by Gasteiger charge is 2.13. The van der Waals surface area contributed by atoms with Crippen molar-refractivity contribution in [3.8, 4) is 11.3 Å². The summed E-state index contributed by atoms with van der Waals surface area (Å²) in [4.78, 5) is 26.1. The second-order valence-corrected chi connectivity index (χ2v) is 5.15. The van der Waals surface area contributed by atoms with E-state index in [9.17, 15) is 9.59 Å². The Kier molecular flexibility index (Phi) is 4.42. The van der Waals surface area contributed by atoms with Crippen LogP contribution in [0, 0.1) is 6.92 Å². The maximum Gasteiger partial charge on any atom is 0.355 e. The number of amides is 1. The van der Waals surface area contributed by atoms with E-state index in [1.54, 1.807) is 24.4 Å². The topological polar surface area (TPSA) is 97.2 Å². The number of benzene rings is 1. The van der Waals surface area contributed by atoms with E-state index in [-0.39, 0.29) is 11.6 Å². The molecule has 0 fully saturated rings. The lowest BCUT2D eigenvalue weighted by molar-refractivity contribution is -0.119. The van der Waals surface area contributed by atoms with Crippen molar-refractivity contribution in [2.45, 2.75) is 6.92 Å². The van der Waals surface area contributed by atoms with Crippen molar-refractivity contribution in [1.29, 1.82) is 0 Å². The summed E-state index contributed by atoms with van der Waals surface area (Å²) in [6.45, 7) is 1.57. The molecule has 2 heterocycles. The molecule has 0 saturated carbocycles. The number of hydrogen-bond donors (Lipinski definition) is 2. The van der Waals surface area contributed by atoms with Gasteiger partial charge in [0.05, 0.1) is 0 Å². The molecule has 2 N–H and O–H groups in total. The second kappa shape index (κ2) is 6.82. The van der Waals surface area contributed by atoms with Gasteiger partial charge < -0.3 is 14.2 Å². The summed E-state index contributed by atoms with van der Waals surface area (Å²) >= 11 is 0. The van der Waals surface area contributed by atoms with Gasteiger partial charge in [0.15, 0.2) is 6.61 Å². The molecule has 0 bridgehead atoms. The van der Waals surface area contributed by atoms with E-state index < -0.39 is 18.5 Å². The molecule has 3 aromatic rings. The maximum absolute atomic E-state index is 11.8. The fourth-order valence-corrected chi connectivity index (χ4v) is 2.03. The first-order chi connectivity index (χ1) is 11.6. The highest BCUT2D eigenvalue weighted by Crippen LogP contribution is 2.21. The smallest absolute Gasteiger partial charge is 0.355 e. The molecule has 0 aliphatic heterocycles. The van der Waals surface area contributed by atoms with Crippen LogP contribution in [0.15, 0.2) is 53.2 Å². The quantitative estimate of drug-likeness (QED) is 0.703. The molecule has 0 saturated heterocycles. The summed E-state index contributed by atoms with van der Waals surface area (Å²) in [6, 6.07) is 12.6. The Bertz CT molecular complexity index is 835. The maximum atomic E-state index is 11.8. The molecular weight excluding hydrogens is 310 g/mol. The minimum absolute atomic E-state index is 0.187. The van der Waals surface area contributed by atoms with Gasteiger partial charge in [-0.3, -0.25) is 10.1 Å². The van der Waals surface area contributed by atoms with Gasteiger partial charge in [-0.05, 0) is 19.1 Å². The van der Waals surface area contributed by atoms with Crippen LogP contribution in [0.4, 0.5) is 5.88 Å². The molecule has 1 amide bonds. The van der Waals surface area contributed by atoms with Crippen molar-refractivity contribution in [3.05, 3.63) is 59.9 Å². The SMILES string of the molecule is Cc1ccc(-c2cc(NC(=O)COC(=O)c3ccc[nH]3)on2)cc1.